The summed E-state index contributed by atoms with van der Waals surface area (Å²) >= 11 is 2.06. The second-order valence-electron chi connectivity index (χ2n) is 16.1. The monoisotopic (exact) mass is 808 g/mol. The number of aliphatic hydroxyl groups excluding tert-OH is 2. The molecule has 4 saturated carbocycles. The van der Waals surface area contributed by atoms with Crippen molar-refractivity contribution in [2.24, 2.45) is 40.9 Å². The number of ether oxygens (including phenoxy) is 3. The molecule has 1 aromatic rings. The van der Waals surface area contributed by atoms with E-state index in [0.717, 1.165) is 44.8 Å². The van der Waals surface area contributed by atoms with Crippen molar-refractivity contribution in [2.45, 2.75) is 104 Å². The molecule has 2 amide bonds. The van der Waals surface area contributed by atoms with Gasteiger partial charge in [-0.3, -0.25) is 14.4 Å². The Kier molecular flexibility index (Phi) is 13.0. The van der Waals surface area contributed by atoms with Crippen molar-refractivity contribution in [2.75, 3.05) is 33.4 Å². The third-order valence-electron chi connectivity index (χ3n) is 12.4. The summed E-state index contributed by atoms with van der Waals surface area (Å²) in [6.45, 7) is 11.6. The molecule has 5 aliphatic rings. The van der Waals surface area contributed by atoms with Crippen LogP contribution in [0, 0.1) is 44.5 Å². The first-order valence-corrected chi connectivity index (χ1v) is 19.5. The minimum absolute atomic E-state index is 0.0125. The van der Waals surface area contributed by atoms with Gasteiger partial charge in [0.15, 0.2) is 11.5 Å². The number of hydrogen-bond donors (Lipinski definition) is 3. The number of fused-ring (bicyclic) bond motifs is 2. The van der Waals surface area contributed by atoms with Crippen LogP contribution in [0.25, 0.3) is 0 Å². The van der Waals surface area contributed by atoms with E-state index in [2.05, 4.69) is 62.5 Å². The van der Waals surface area contributed by atoms with E-state index in [1.807, 2.05) is 0 Å². The number of amides is 2. The zero-order valence-electron chi connectivity index (χ0n) is 30.5. The number of halogens is 1. The zero-order chi connectivity index (χ0) is 36.3. The maximum Gasteiger partial charge on any atom is 0.248 e. The van der Waals surface area contributed by atoms with Crippen LogP contribution >= 0.6 is 22.6 Å². The molecule has 0 aliphatic heterocycles. The highest BCUT2D eigenvalue weighted by Gasteiger charge is 2.55. The van der Waals surface area contributed by atoms with Crippen LogP contribution in [-0.2, 0) is 14.3 Å². The maximum absolute atomic E-state index is 14.5. The van der Waals surface area contributed by atoms with E-state index >= 15 is 0 Å². The van der Waals surface area contributed by atoms with Crippen molar-refractivity contribution in [3.63, 3.8) is 0 Å². The number of hydrogen-bond acceptors (Lipinski definition) is 8. The summed E-state index contributed by atoms with van der Waals surface area (Å²) < 4.78 is 19.1. The molecule has 3 N–H and O–H groups in total. The van der Waals surface area contributed by atoms with Crippen molar-refractivity contribution in [1.82, 2.24) is 10.2 Å². The van der Waals surface area contributed by atoms with E-state index in [9.17, 15) is 24.6 Å². The van der Waals surface area contributed by atoms with Crippen LogP contribution in [0.1, 0.15) is 89.9 Å². The van der Waals surface area contributed by atoms with Gasteiger partial charge in [0.05, 0.1) is 29.4 Å². The Balaban J connectivity index is 1.47. The van der Waals surface area contributed by atoms with Crippen molar-refractivity contribution < 1.29 is 38.8 Å². The summed E-state index contributed by atoms with van der Waals surface area (Å²) in [5.74, 6) is 2.86. The van der Waals surface area contributed by atoms with Crippen LogP contribution in [0.5, 0.6) is 11.5 Å². The minimum atomic E-state index is -1.18. The van der Waals surface area contributed by atoms with Gasteiger partial charge in [0, 0.05) is 30.6 Å². The molecule has 4 fully saturated rings. The highest BCUT2D eigenvalue weighted by atomic mass is 127. The predicted molar refractivity (Wildman–Crippen MR) is 199 cm³/mol. The SMILES string of the molecule is COc1cc(C=O)cc(I)c1O[C@H]1C=C(C(=O)NCCO)C[C@@H](N(C[C@@H]2CC[C@H]3C[C@@H]2C3(C)C)C(=O)CO[C@H]2C[C@@H](C)CC[C@@H]2C(C)C)[C@@H]1O. The van der Waals surface area contributed by atoms with Gasteiger partial charge in [0.2, 0.25) is 11.8 Å². The van der Waals surface area contributed by atoms with Gasteiger partial charge in [0.25, 0.3) is 0 Å². The minimum Gasteiger partial charge on any atom is -0.493 e. The molecule has 0 heterocycles. The largest absolute Gasteiger partial charge is 0.493 e. The van der Waals surface area contributed by atoms with Gasteiger partial charge in [0.1, 0.15) is 25.1 Å². The second-order valence-corrected chi connectivity index (χ2v) is 17.2. The number of aldehydes is 1. The number of nitrogens with zero attached hydrogens (tertiary/aromatic N) is 1. The average molecular weight is 809 g/mol. The molecule has 0 saturated heterocycles. The summed E-state index contributed by atoms with van der Waals surface area (Å²) in [5, 5.41) is 24.3. The van der Waals surface area contributed by atoms with Gasteiger partial charge in [-0.05, 0) is 114 Å². The molecule has 0 unspecified atom stereocenters. The van der Waals surface area contributed by atoms with Gasteiger partial charge in [-0.25, -0.2) is 0 Å². The number of carbonyl (C=O) groups is 3. The quantitative estimate of drug-likeness (QED) is 0.168. The Bertz CT molecular complexity index is 1410. The number of carbonyl (C=O) groups excluding carboxylic acids is 3. The van der Waals surface area contributed by atoms with Gasteiger partial charge in [-0.1, -0.05) is 41.0 Å². The smallest absolute Gasteiger partial charge is 0.248 e. The molecule has 5 aliphatic carbocycles. The molecule has 50 heavy (non-hydrogen) atoms. The van der Waals surface area contributed by atoms with Gasteiger partial charge >= 0.3 is 0 Å². The van der Waals surface area contributed by atoms with Crippen LogP contribution in [0.15, 0.2) is 23.8 Å². The fraction of sp³-hybridized carbons (Fsp3) is 0.718. The number of nitrogens with one attached hydrogen (secondary N) is 1. The Morgan fingerprint density at radius 2 is 1.92 bits per heavy atom. The third kappa shape index (κ3) is 8.36. The van der Waals surface area contributed by atoms with E-state index in [1.165, 1.54) is 7.11 Å². The van der Waals surface area contributed by atoms with Crippen molar-refractivity contribution in [3.05, 3.63) is 32.9 Å². The first-order chi connectivity index (χ1) is 23.8. The van der Waals surface area contributed by atoms with Gasteiger partial charge < -0.3 is 34.6 Å². The summed E-state index contributed by atoms with van der Waals surface area (Å²) in [7, 11) is 1.48. The summed E-state index contributed by atoms with van der Waals surface area (Å²) in [6, 6.07) is 2.47. The summed E-state index contributed by atoms with van der Waals surface area (Å²) in [5.41, 5.74) is 0.978. The summed E-state index contributed by atoms with van der Waals surface area (Å²) in [6.07, 6.45) is 6.69. The normalized spacial score (nSPS) is 31.6. The van der Waals surface area contributed by atoms with Crippen LogP contribution in [-0.4, -0.2) is 91.0 Å². The van der Waals surface area contributed by atoms with E-state index in [4.69, 9.17) is 14.2 Å². The topological polar surface area (TPSA) is 135 Å². The average Bonchev–Trinajstić information content (AvgIpc) is 3.09. The van der Waals surface area contributed by atoms with Crippen LogP contribution in [0.4, 0.5) is 0 Å². The second kappa shape index (κ2) is 16.6. The lowest BCUT2D eigenvalue weighted by molar-refractivity contribution is -0.156. The van der Waals surface area contributed by atoms with E-state index in [-0.39, 0.29) is 55.4 Å². The Morgan fingerprint density at radius 1 is 1.16 bits per heavy atom. The maximum atomic E-state index is 14.5. The molecule has 2 bridgehead atoms. The van der Waals surface area contributed by atoms with Gasteiger partial charge in [-0.2, -0.15) is 0 Å². The Hall–Kier alpha value is -2.22. The number of methoxy groups -OCH3 is 1. The molecular formula is C39H57IN2O8. The Morgan fingerprint density at radius 3 is 2.56 bits per heavy atom. The molecule has 6 rings (SSSR count). The molecule has 10 nitrogen and oxygen atoms in total. The van der Waals surface area contributed by atoms with Crippen LogP contribution in [0.3, 0.4) is 0 Å². The first kappa shape index (κ1) is 39.0. The highest BCUT2D eigenvalue weighted by molar-refractivity contribution is 14.1. The molecule has 11 heteroatoms. The number of aliphatic hydroxyl groups is 2. The predicted octanol–water partition coefficient (Wildman–Crippen LogP) is 5.41. The lowest BCUT2D eigenvalue weighted by Crippen LogP contribution is -2.60. The molecule has 0 radical (unpaired) electrons. The van der Waals surface area contributed by atoms with E-state index in [0.29, 0.717) is 62.3 Å². The standard InChI is InChI=1S/C39H57IN2O8/c1-22(2)28-10-7-23(3)13-32(28)49-21-35(45)42(19-25-8-9-27-18-29(25)39(27,4)5)31-16-26(38(47)41-11-12-43)17-33(36(31)46)50-37-30(40)14-24(20-44)15-34(37)48-6/h14-15,17,20,22-23,25,27-29,31-33,36,43,46H,7-13,16,18-19,21H2,1-6H3,(H,41,47)/t23-,25-,27-,28+,29-,31+,32-,33-,36-/m0/s1. The number of benzene rings is 1. The highest BCUT2D eigenvalue weighted by Crippen LogP contribution is 2.61. The van der Waals surface area contributed by atoms with Crippen LogP contribution in [0.2, 0.25) is 0 Å². The summed E-state index contributed by atoms with van der Waals surface area (Å²) in [4.78, 5) is 41.3. The van der Waals surface area contributed by atoms with Gasteiger partial charge in [-0.15, -0.1) is 0 Å². The fourth-order valence-electron chi connectivity index (χ4n) is 9.26. The molecule has 278 valence electrons. The van der Waals surface area contributed by atoms with E-state index in [1.54, 1.807) is 23.1 Å². The molecular weight excluding hydrogens is 751 g/mol. The fourth-order valence-corrected chi connectivity index (χ4v) is 10.0. The van der Waals surface area contributed by atoms with Crippen molar-refractivity contribution >= 4 is 40.7 Å². The molecule has 0 spiro atoms. The lowest BCUT2D eigenvalue weighted by Gasteiger charge is -2.61. The Labute approximate surface area is 311 Å². The number of rotatable bonds is 14. The van der Waals surface area contributed by atoms with E-state index < -0.39 is 18.2 Å². The zero-order valence-corrected chi connectivity index (χ0v) is 32.7. The molecule has 1 aromatic carbocycles. The third-order valence-corrected chi connectivity index (χ3v) is 13.2. The van der Waals surface area contributed by atoms with Crippen molar-refractivity contribution in [1.29, 1.82) is 0 Å². The molecule has 0 aromatic heterocycles. The first-order valence-electron chi connectivity index (χ1n) is 18.5. The van der Waals surface area contributed by atoms with Crippen molar-refractivity contribution in [3.8, 4) is 11.5 Å². The lowest BCUT2D eigenvalue weighted by atomic mass is 9.45. The molecule has 9 atom stereocenters. The van der Waals surface area contributed by atoms with Crippen LogP contribution < -0.4 is 14.8 Å².